The normalized spacial score (nSPS) is 14.4. The lowest BCUT2D eigenvalue weighted by Crippen LogP contribution is -1.89. The van der Waals surface area contributed by atoms with Gasteiger partial charge in [-0.1, -0.05) is 36.4 Å². The molecule has 0 amide bonds. The largest absolute Gasteiger partial charge is 0.250 e. The van der Waals surface area contributed by atoms with Crippen LogP contribution in [0.2, 0.25) is 0 Å². The zero-order chi connectivity index (χ0) is 12.8. The second-order valence-electron chi connectivity index (χ2n) is 3.49. The minimum atomic E-state index is -1.25. The first-order valence-electron chi connectivity index (χ1n) is 5.37. The van der Waals surface area contributed by atoms with Crippen molar-refractivity contribution < 1.29 is 8.42 Å². The average Bonchev–Trinajstić information content (AvgIpc) is 2.46. The molecule has 0 N–H and O–H groups in total. The van der Waals surface area contributed by atoms with Crippen LogP contribution >= 0.6 is 0 Å². The highest BCUT2D eigenvalue weighted by molar-refractivity contribution is 7.91. The van der Waals surface area contributed by atoms with Gasteiger partial charge in [-0.2, -0.15) is 0 Å². The van der Waals surface area contributed by atoms with Crippen LogP contribution < -0.4 is 0 Å². The maximum atomic E-state index is 11.9. The summed E-state index contributed by atoms with van der Waals surface area (Å²) >= 11 is 0. The average molecular weight is 276 g/mol. The fourth-order valence-electron chi connectivity index (χ4n) is 1.37. The minimum Gasteiger partial charge on any atom is -0.250 e. The maximum Gasteiger partial charge on any atom is 0.0782 e. The van der Waals surface area contributed by atoms with Gasteiger partial charge in [0.05, 0.1) is 21.6 Å². The fraction of sp³-hybridized carbons (Fsp3) is 0. The van der Waals surface area contributed by atoms with Gasteiger partial charge >= 0.3 is 0 Å². The van der Waals surface area contributed by atoms with Crippen LogP contribution in [0.15, 0.2) is 81.3 Å². The van der Waals surface area contributed by atoms with E-state index in [0.29, 0.717) is 9.79 Å². The van der Waals surface area contributed by atoms with Gasteiger partial charge in [0.25, 0.3) is 0 Å². The monoisotopic (exact) mass is 276 g/mol. The first-order chi connectivity index (χ1) is 8.77. The summed E-state index contributed by atoms with van der Waals surface area (Å²) < 4.78 is 23.7. The predicted molar refractivity (Wildman–Crippen MR) is 74.8 cm³/mol. The molecule has 2 atom stereocenters. The van der Waals surface area contributed by atoms with E-state index in [1.807, 2.05) is 36.4 Å². The van der Waals surface area contributed by atoms with Gasteiger partial charge < -0.3 is 0 Å². The molecule has 0 radical (unpaired) electrons. The Morgan fingerprint density at radius 3 is 1.28 bits per heavy atom. The Morgan fingerprint density at radius 1 is 0.611 bits per heavy atom. The highest BCUT2D eigenvalue weighted by atomic mass is 32.2. The molecule has 0 fully saturated rings. The molecule has 0 heterocycles. The lowest BCUT2D eigenvalue weighted by atomic mass is 10.4. The zero-order valence-corrected chi connectivity index (χ0v) is 11.2. The highest BCUT2D eigenvalue weighted by Gasteiger charge is 2.01. The number of rotatable bonds is 4. The van der Waals surface area contributed by atoms with Crippen molar-refractivity contribution in [1.29, 1.82) is 0 Å². The van der Waals surface area contributed by atoms with Gasteiger partial charge in [-0.05, 0) is 24.3 Å². The van der Waals surface area contributed by atoms with E-state index in [1.165, 1.54) is 10.8 Å². The van der Waals surface area contributed by atoms with Crippen LogP contribution in [0.3, 0.4) is 0 Å². The van der Waals surface area contributed by atoms with Gasteiger partial charge in [-0.3, -0.25) is 0 Å². The third-order valence-electron chi connectivity index (χ3n) is 2.25. The predicted octanol–water partition coefficient (Wildman–Crippen LogP) is 3.07. The fourth-order valence-corrected chi connectivity index (χ4v) is 3.34. The molecular weight excluding hydrogens is 264 g/mol. The molecule has 0 aliphatic carbocycles. The van der Waals surface area contributed by atoms with E-state index in [1.54, 1.807) is 24.3 Å². The number of hydrogen-bond acceptors (Lipinski definition) is 2. The molecule has 0 aromatic heterocycles. The van der Waals surface area contributed by atoms with E-state index in [9.17, 15) is 8.42 Å². The van der Waals surface area contributed by atoms with Crippen molar-refractivity contribution >= 4 is 21.6 Å². The maximum absolute atomic E-state index is 11.9. The molecule has 0 spiro atoms. The summed E-state index contributed by atoms with van der Waals surface area (Å²) in [5.74, 6) is 0. The molecule has 2 aromatic carbocycles. The summed E-state index contributed by atoms with van der Waals surface area (Å²) in [5.41, 5.74) is 0. The summed E-state index contributed by atoms with van der Waals surface area (Å²) in [6.45, 7) is 0. The Kier molecular flexibility index (Phi) is 4.61. The van der Waals surface area contributed by atoms with Crippen molar-refractivity contribution in [2.75, 3.05) is 0 Å². The van der Waals surface area contributed by atoms with E-state index in [4.69, 9.17) is 0 Å². The number of benzene rings is 2. The lowest BCUT2D eigenvalue weighted by molar-refractivity contribution is 0.686. The van der Waals surface area contributed by atoms with Gasteiger partial charge in [-0.25, -0.2) is 8.42 Å². The standard InChI is InChI=1S/C14H12O2S2/c15-17(13-7-3-1-4-8-13)11-12-18(16)14-9-5-2-6-10-14/h1-12H/b12-11+. The third-order valence-corrected chi connectivity index (χ3v) is 4.67. The van der Waals surface area contributed by atoms with Gasteiger partial charge in [-0.15, -0.1) is 0 Å². The van der Waals surface area contributed by atoms with Crippen LogP contribution in [0.1, 0.15) is 0 Å². The summed E-state index contributed by atoms with van der Waals surface area (Å²) in [6, 6.07) is 18.2. The van der Waals surface area contributed by atoms with Crippen LogP contribution in [0, 0.1) is 0 Å². The van der Waals surface area contributed by atoms with Crippen molar-refractivity contribution in [1.82, 2.24) is 0 Å². The second kappa shape index (κ2) is 6.42. The van der Waals surface area contributed by atoms with Crippen molar-refractivity contribution in [2.45, 2.75) is 9.79 Å². The van der Waals surface area contributed by atoms with Crippen LogP contribution in [-0.2, 0) is 21.6 Å². The Balaban J connectivity index is 2.08. The van der Waals surface area contributed by atoms with Gasteiger partial charge in [0.2, 0.25) is 0 Å². The first-order valence-corrected chi connectivity index (χ1v) is 7.79. The summed E-state index contributed by atoms with van der Waals surface area (Å²) in [4.78, 5) is 1.41. The Labute approximate surface area is 111 Å². The molecule has 2 aromatic rings. The molecule has 0 aliphatic rings. The highest BCUT2D eigenvalue weighted by Crippen LogP contribution is 2.10. The zero-order valence-electron chi connectivity index (χ0n) is 9.56. The van der Waals surface area contributed by atoms with E-state index in [0.717, 1.165) is 0 Å². The Hall–Kier alpha value is -1.52. The lowest BCUT2D eigenvalue weighted by Gasteiger charge is -1.96. The smallest absolute Gasteiger partial charge is 0.0782 e. The molecule has 2 rings (SSSR count). The SMILES string of the molecule is O=S(/C=C/S(=O)c1ccccc1)c1ccccc1. The van der Waals surface area contributed by atoms with Crippen LogP contribution in [0.5, 0.6) is 0 Å². The Morgan fingerprint density at radius 2 is 0.944 bits per heavy atom. The molecular formula is C14H12O2S2. The van der Waals surface area contributed by atoms with E-state index in [-0.39, 0.29) is 0 Å². The second-order valence-corrected chi connectivity index (χ2v) is 6.17. The molecule has 0 saturated carbocycles. The molecule has 0 aliphatic heterocycles. The van der Waals surface area contributed by atoms with E-state index in [2.05, 4.69) is 0 Å². The first kappa shape index (κ1) is 12.9. The van der Waals surface area contributed by atoms with E-state index < -0.39 is 21.6 Å². The minimum absolute atomic E-state index is 0.707. The van der Waals surface area contributed by atoms with Gasteiger partial charge in [0.15, 0.2) is 0 Å². The summed E-state index contributed by atoms with van der Waals surface area (Å²) in [5, 5.41) is 2.94. The van der Waals surface area contributed by atoms with Crippen molar-refractivity contribution in [3.05, 3.63) is 71.5 Å². The molecule has 2 nitrogen and oxygen atoms in total. The quantitative estimate of drug-likeness (QED) is 0.860. The molecule has 18 heavy (non-hydrogen) atoms. The van der Waals surface area contributed by atoms with Crippen LogP contribution in [-0.4, -0.2) is 8.42 Å². The molecule has 92 valence electrons. The number of hydrogen-bond donors (Lipinski definition) is 0. The Bertz CT molecular complexity index is 524. The molecule has 4 heteroatoms. The summed E-state index contributed by atoms with van der Waals surface area (Å²) in [6.07, 6.45) is 0. The van der Waals surface area contributed by atoms with E-state index >= 15 is 0 Å². The van der Waals surface area contributed by atoms with Crippen LogP contribution in [0.4, 0.5) is 0 Å². The van der Waals surface area contributed by atoms with Gasteiger partial charge in [0, 0.05) is 20.6 Å². The topological polar surface area (TPSA) is 34.1 Å². The van der Waals surface area contributed by atoms with Crippen molar-refractivity contribution in [2.24, 2.45) is 0 Å². The third kappa shape index (κ3) is 3.48. The van der Waals surface area contributed by atoms with Gasteiger partial charge in [0.1, 0.15) is 0 Å². The van der Waals surface area contributed by atoms with Crippen molar-refractivity contribution in [3.63, 3.8) is 0 Å². The summed E-state index contributed by atoms with van der Waals surface area (Å²) in [7, 11) is -2.50. The molecule has 0 saturated heterocycles. The van der Waals surface area contributed by atoms with Crippen molar-refractivity contribution in [3.8, 4) is 0 Å². The van der Waals surface area contributed by atoms with Crippen LogP contribution in [0.25, 0.3) is 0 Å². The molecule has 2 unspecified atom stereocenters. The molecule has 0 bridgehead atoms.